The predicted molar refractivity (Wildman–Crippen MR) is 93.4 cm³/mol. The highest BCUT2D eigenvalue weighted by atomic mass is 35.5. The SMILES string of the molecule is Cc1ccc(S(=O)(=O)N2CCC(C=O)=C(Cl)c3ccncc32)cc1. The minimum Gasteiger partial charge on any atom is -0.298 e. The number of aryl methyl sites for hydroxylation is 1. The maximum Gasteiger partial charge on any atom is 0.264 e. The molecule has 1 aromatic carbocycles. The molecule has 2 aromatic rings. The molecule has 0 saturated carbocycles. The molecule has 0 atom stereocenters. The molecule has 1 aliphatic heterocycles. The summed E-state index contributed by atoms with van der Waals surface area (Å²) in [4.78, 5) is 15.5. The Morgan fingerprint density at radius 3 is 2.58 bits per heavy atom. The first-order chi connectivity index (χ1) is 11.4. The summed E-state index contributed by atoms with van der Waals surface area (Å²) in [7, 11) is -3.78. The summed E-state index contributed by atoms with van der Waals surface area (Å²) < 4.78 is 27.4. The number of aldehydes is 1. The topological polar surface area (TPSA) is 67.3 Å². The van der Waals surface area contributed by atoms with Gasteiger partial charge in [0.2, 0.25) is 0 Å². The standard InChI is InChI=1S/C17H15ClN2O3S/c1-12-2-4-14(5-3-12)24(22,23)20-9-7-13(11-21)17(18)15-6-8-19-10-16(15)20/h2-6,8,10-11H,7,9H2,1H3. The number of hydrogen-bond acceptors (Lipinski definition) is 4. The van der Waals surface area contributed by atoms with Gasteiger partial charge in [-0.15, -0.1) is 0 Å². The van der Waals surface area contributed by atoms with E-state index in [1.807, 2.05) is 6.92 Å². The highest BCUT2D eigenvalue weighted by Crippen LogP contribution is 2.37. The van der Waals surface area contributed by atoms with Crippen LogP contribution in [0.2, 0.25) is 0 Å². The van der Waals surface area contributed by atoms with Crippen LogP contribution in [-0.2, 0) is 14.8 Å². The van der Waals surface area contributed by atoms with Gasteiger partial charge in [-0.3, -0.25) is 14.1 Å². The predicted octanol–water partition coefficient (Wildman–Crippen LogP) is 3.14. The second-order valence-corrected chi connectivity index (χ2v) is 7.73. The number of rotatable bonds is 3. The van der Waals surface area contributed by atoms with Crippen molar-refractivity contribution < 1.29 is 13.2 Å². The molecule has 0 bridgehead atoms. The third kappa shape index (κ3) is 2.83. The number of sulfonamides is 1. The highest BCUT2D eigenvalue weighted by molar-refractivity contribution is 7.92. The normalized spacial score (nSPS) is 15.0. The van der Waals surface area contributed by atoms with Gasteiger partial charge in [-0.2, -0.15) is 0 Å². The van der Waals surface area contributed by atoms with E-state index in [2.05, 4.69) is 4.98 Å². The number of carbonyl (C=O) groups excluding carboxylic acids is 1. The average Bonchev–Trinajstić information content (AvgIpc) is 2.72. The van der Waals surface area contributed by atoms with E-state index in [9.17, 15) is 13.2 Å². The molecule has 0 fully saturated rings. The van der Waals surface area contributed by atoms with Gasteiger partial charge in [0.25, 0.3) is 10.0 Å². The van der Waals surface area contributed by atoms with E-state index in [4.69, 9.17) is 11.6 Å². The molecular formula is C17H15ClN2O3S. The lowest BCUT2D eigenvalue weighted by Crippen LogP contribution is -2.32. The van der Waals surface area contributed by atoms with Crippen LogP contribution >= 0.6 is 11.6 Å². The Morgan fingerprint density at radius 1 is 1.21 bits per heavy atom. The molecule has 0 amide bonds. The number of pyridine rings is 1. The van der Waals surface area contributed by atoms with Crippen LogP contribution in [0.1, 0.15) is 17.5 Å². The average molecular weight is 363 g/mol. The van der Waals surface area contributed by atoms with Crippen molar-refractivity contribution in [2.24, 2.45) is 0 Å². The zero-order valence-electron chi connectivity index (χ0n) is 12.9. The van der Waals surface area contributed by atoms with Crippen molar-refractivity contribution in [2.75, 3.05) is 10.8 Å². The molecule has 7 heteroatoms. The zero-order valence-corrected chi connectivity index (χ0v) is 14.5. The summed E-state index contributed by atoms with van der Waals surface area (Å²) in [5.74, 6) is 0. The Kier molecular flexibility index (Phi) is 4.43. The first-order valence-electron chi connectivity index (χ1n) is 7.33. The fraction of sp³-hybridized carbons (Fsp3) is 0.176. The Bertz CT molecular complexity index is 921. The van der Waals surface area contributed by atoms with E-state index < -0.39 is 10.0 Å². The summed E-state index contributed by atoms with van der Waals surface area (Å²) in [5.41, 5.74) is 2.22. The number of nitrogens with zero attached hydrogens (tertiary/aromatic N) is 2. The van der Waals surface area contributed by atoms with Crippen LogP contribution in [0.25, 0.3) is 5.03 Å². The van der Waals surface area contributed by atoms with Crippen LogP contribution in [0.4, 0.5) is 5.69 Å². The van der Waals surface area contributed by atoms with Gasteiger partial charge in [0.15, 0.2) is 0 Å². The van der Waals surface area contributed by atoms with Crippen molar-refractivity contribution in [3.63, 3.8) is 0 Å². The molecule has 1 aromatic heterocycles. The van der Waals surface area contributed by atoms with Crippen LogP contribution < -0.4 is 4.31 Å². The van der Waals surface area contributed by atoms with Crippen LogP contribution in [0.15, 0.2) is 53.2 Å². The summed E-state index contributed by atoms with van der Waals surface area (Å²) in [6.07, 6.45) is 3.89. The largest absolute Gasteiger partial charge is 0.298 e. The summed E-state index contributed by atoms with van der Waals surface area (Å²) in [6, 6.07) is 8.25. The van der Waals surface area contributed by atoms with Gasteiger partial charge in [0, 0.05) is 23.9 Å². The van der Waals surface area contributed by atoms with E-state index in [0.717, 1.165) is 5.56 Å². The lowest BCUT2D eigenvalue weighted by molar-refractivity contribution is -0.104. The van der Waals surface area contributed by atoms with Crippen molar-refractivity contribution in [1.82, 2.24) is 4.98 Å². The van der Waals surface area contributed by atoms with E-state index in [-0.39, 0.29) is 22.9 Å². The summed E-state index contributed by atoms with van der Waals surface area (Å²) in [5, 5.41) is 0.268. The fourth-order valence-electron chi connectivity index (χ4n) is 2.59. The van der Waals surface area contributed by atoms with Crippen molar-refractivity contribution in [3.05, 3.63) is 59.4 Å². The Hall–Kier alpha value is -2.18. The first-order valence-corrected chi connectivity index (χ1v) is 9.14. The number of aromatic nitrogens is 1. The van der Waals surface area contributed by atoms with Gasteiger partial charge >= 0.3 is 0 Å². The molecule has 3 rings (SSSR count). The maximum atomic E-state index is 13.1. The molecule has 5 nitrogen and oxygen atoms in total. The quantitative estimate of drug-likeness (QED) is 0.787. The minimum absolute atomic E-state index is 0.124. The van der Waals surface area contributed by atoms with Gasteiger partial charge in [-0.25, -0.2) is 8.42 Å². The Morgan fingerprint density at radius 2 is 1.92 bits per heavy atom. The van der Waals surface area contributed by atoms with Crippen LogP contribution in [0.3, 0.4) is 0 Å². The van der Waals surface area contributed by atoms with Gasteiger partial charge in [-0.05, 0) is 31.5 Å². The van der Waals surface area contributed by atoms with Gasteiger partial charge in [0.05, 0.1) is 21.8 Å². The first kappa shape index (κ1) is 16.7. The number of anilines is 1. The lowest BCUT2D eigenvalue weighted by atomic mass is 10.1. The smallest absolute Gasteiger partial charge is 0.264 e. The molecule has 2 heterocycles. The van der Waals surface area contributed by atoms with Gasteiger partial charge < -0.3 is 0 Å². The molecule has 24 heavy (non-hydrogen) atoms. The molecule has 0 saturated heterocycles. The Labute approximate surface area is 145 Å². The molecule has 0 N–H and O–H groups in total. The van der Waals surface area contributed by atoms with Gasteiger partial charge in [-0.1, -0.05) is 29.3 Å². The van der Waals surface area contributed by atoms with E-state index >= 15 is 0 Å². The molecule has 0 spiro atoms. The molecule has 1 aliphatic rings. The van der Waals surface area contributed by atoms with E-state index in [1.54, 1.807) is 30.3 Å². The third-order valence-electron chi connectivity index (χ3n) is 3.92. The molecule has 0 unspecified atom stereocenters. The molecular weight excluding hydrogens is 348 g/mol. The molecule has 124 valence electrons. The molecule has 0 radical (unpaired) electrons. The number of fused-ring (bicyclic) bond motifs is 1. The van der Waals surface area contributed by atoms with Crippen LogP contribution in [-0.4, -0.2) is 26.2 Å². The van der Waals surface area contributed by atoms with Crippen molar-refractivity contribution in [2.45, 2.75) is 18.2 Å². The van der Waals surface area contributed by atoms with Crippen molar-refractivity contribution >= 4 is 38.6 Å². The number of halogens is 1. The van der Waals surface area contributed by atoms with E-state index in [1.165, 1.54) is 16.7 Å². The Balaban J connectivity index is 2.15. The minimum atomic E-state index is -3.78. The highest BCUT2D eigenvalue weighted by Gasteiger charge is 2.30. The van der Waals surface area contributed by atoms with Gasteiger partial charge in [0.1, 0.15) is 6.29 Å². The van der Waals surface area contributed by atoms with Crippen LogP contribution in [0, 0.1) is 6.92 Å². The van der Waals surface area contributed by atoms with E-state index in [0.29, 0.717) is 23.1 Å². The van der Waals surface area contributed by atoms with Crippen LogP contribution in [0.5, 0.6) is 0 Å². The summed E-state index contributed by atoms with van der Waals surface area (Å²) in [6.45, 7) is 2.01. The fourth-order valence-corrected chi connectivity index (χ4v) is 4.36. The number of hydrogen-bond donors (Lipinski definition) is 0. The zero-order chi connectivity index (χ0) is 17.3. The lowest BCUT2D eigenvalue weighted by Gasteiger charge is -2.24. The monoisotopic (exact) mass is 362 g/mol. The summed E-state index contributed by atoms with van der Waals surface area (Å²) >= 11 is 6.30. The van der Waals surface area contributed by atoms with Crippen molar-refractivity contribution in [1.29, 1.82) is 0 Å². The third-order valence-corrected chi connectivity index (χ3v) is 6.20. The second kappa shape index (κ2) is 6.37. The number of carbonyl (C=O) groups is 1. The molecule has 0 aliphatic carbocycles. The maximum absolute atomic E-state index is 13.1. The second-order valence-electron chi connectivity index (χ2n) is 5.49. The number of benzene rings is 1. The van der Waals surface area contributed by atoms with Crippen molar-refractivity contribution in [3.8, 4) is 0 Å².